The summed E-state index contributed by atoms with van der Waals surface area (Å²) in [5.74, 6) is -3.41. The van der Waals surface area contributed by atoms with Gasteiger partial charge in [-0.05, 0) is 61.2 Å². The van der Waals surface area contributed by atoms with Gasteiger partial charge in [-0.15, -0.1) is 0 Å². The number of halogens is 2. The lowest BCUT2D eigenvalue weighted by Crippen LogP contribution is -2.32. The molecule has 1 N–H and O–H groups in total. The Morgan fingerprint density at radius 2 is 1.38 bits per heavy atom. The molecule has 0 aliphatic carbocycles. The van der Waals surface area contributed by atoms with Crippen LogP contribution in [0.4, 0.5) is 25.8 Å². The number of nitrogens with zero attached hydrogens (tertiary/aromatic N) is 2. The molecule has 2 amide bonds. The first-order valence-electron chi connectivity index (χ1n) is 11.3. The van der Waals surface area contributed by atoms with E-state index in [0.29, 0.717) is 11.3 Å². The number of hydrogen-bond acceptors (Lipinski definition) is 4. The Bertz CT molecular complexity index is 1270. The second-order valence-corrected chi connectivity index (χ2v) is 8.38. The summed E-state index contributed by atoms with van der Waals surface area (Å²) in [4.78, 5) is 29.9. The lowest BCUT2D eigenvalue weighted by Gasteiger charge is -2.28. The van der Waals surface area contributed by atoms with Crippen LogP contribution in [-0.4, -0.2) is 24.9 Å². The van der Waals surface area contributed by atoms with Crippen LogP contribution in [0.5, 0.6) is 0 Å². The van der Waals surface area contributed by atoms with Gasteiger partial charge in [-0.2, -0.15) is 0 Å². The second kappa shape index (κ2) is 9.09. The van der Waals surface area contributed by atoms with Gasteiger partial charge in [-0.1, -0.05) is 30.3 Å². The molecular formula is C27H23F2N3O2. The number of carbonyl (C=O) groups excluding carboxylic acids is 2. The Hall–Kier alpha value is -4.00. The predicted octanol–water partition coefficient (Wildman–Crippen LogP) is 5.35. The topological polar surface area (TPSA) is 52.7 Å². The summed E-state index contributed by atoms with van der Waals surface area (Å²) in [7, 11) is 0. The Labute approximate surface area is 196 Å². The Morgan fingerprint density at radius 1 is 0.706 bits per heavy atom. The zero-order valence-corrected chi connectivity index (χ0v) is 18.4. The molecule has 2 heterocycles. The number of anilines is 3. The fourth-order valence-corrected chi connectivity index (χ4v) is 4.43. The highest BCUT2D eigenvalue weighted by atomic mass is 19.2. The van der Waals surface area contributed by atoms with Crippen molar-refractivity contribution in [3.63, 3.8) is 0 Å². The van der Waals surface area contributed by atoms with Crippen molar-refractivity contribution >= 4 is 34.4 Å². The van der Waals surface area contributed by atoms with Crippen molar-refractivity contribution < 1.29 is 18.4 Å². The van der Waals surface area contributed by atoms with Crippen molar-refractivity contribution in [2.75, 3.05) is 28.2 Å². The molecule has 0 spiro atoms. The van der Waals surface area contributed by atoms with Crippen LogP contribution in [0.1, 0.15) is 24.8 Å². The Balaban J connectivity index is 1.49. The number of nitrogens with one attached hydrogen (secondary N) is 1. The van der Waals surface area contributed by atoms with E-state index in [4.69, 9.17) is 0 Å². The highest BCUT2D eigenvalue weighted by molar-refractivity contribution is 6.46. The van der Waals surface area contributed by atoms with Gasteiger partial charge in [0.2, 0.25) is 0 Å². The average molecular weight is 459 g/mol. The van der Waals surface area contributed by atoms with E-state index >= 15 is 0 Å². The lowest BCUT2D eigenvalue weighted by atomic mass is 10.0. The van der Waals surface area contributed by atoms with Crippen LogP contribution < -0.4 is 15.1 Å². The predicted molar refractivity (Wildman–Crippen MR) is 128 cm³/mol. The molecule has 172 valence electrons. The summed E-state index contributed by atoms with van der Waals surface area (Å²) in [6, 6.07) is 19.5. The standard InChI is InChI=1S/C27H23F2N3O2/c28-22-14-13-21(17-23(22)29)32-26(33)24(18-7-3-1-4-8-18)25(27(32)34)30-19-9-11-20(12-10-19)31-15-5-2-6-16-31/h1,3-4,7-14,17,30H,2,5-6,15-16H2. The van der Waals surface area contributed by atoms with Crippen molar-refractivity contribution in [3.05, 3.63) is 95.7 Å². The number of benzene rings is 3. The number of amides is 2. The van der Waals surface area contributed by atoms with E-state index < -0.39 is 23.4 Å². The van der Waals surface area contributed by atoms with E-state index in [1.165, 1.54) is 25.3 Å². The van der Waals surface area contributed by atoms with Crippen molar-refractivity contribution in [1.29, 1.82) is 0 Å². The van der Waals surface area contributed by atoms with E-state index in [9.17, 15) is 18.4 Å². The molecule has 0 unspecified atom stereocenters. The average Bonchev–Trinajstić information content (AvgIpc) is 3.11. The van der Waals surface area contributed by atoms with Gasteiger partial charge in [0.15, 0.2) is 11.6 Å². The smallest absolute Gasteiger partial charge is 0.282 e. The molecule has 0 saturated carbocycles. The molecule has 1 saturated heterocycles. The third-order valence-corrected chi connectivity index (χ3v) is 6.17. The van der Waals surface area contributed by atoms with Crippen LogP contribution in [-0.2, 0) is 9.59 Å². The lowest BCUT2D eigenvalue weighted by molar-refractivity contribution is -0.120. The second-order valence-electron chi connectivity index (χ2n) is 8.38. The van der Waals surface area contributed by atoms with Gasteiger partial charge in [-0.3, -0.25) is 9.59 Å². The van der Waals surface area contributed by atoms with E-state index in [1.54, 1.807) is 24.3 Å². The SMILES string of the molecule is O=C1C(Nc2ccc(N3CCCCC3)cc2)=C(c2ccccc2)C(=O)N1c1ccc(F)c(F)c1. The molecule has 2 aliphatic rings. The number of carbonyl (C=O) groups is 2. The Kier molecular flexibility index (Phi) is 5.84. The van der Waals surface area contributed by atoms with Gasteiger partial charge in [0, 0.05) is 30.5 Å². The first-order chi connectivity index (χ1) is 16.5. The minimum atomic E-state index is -1.13. The molecule has 0 radical (unpaired) electrons. The summed E-state index contributed by atoms with van der Waals surface area (Å²) in [6.45, 7) is 2.04. The number of piperidine rings is 1. The fourth-order valence-electron chi connectivity index (χ4n) is 4.43. The zero-order valence-electron chi connectivity index (χ0n) is 18.4. The maximum absolute atomic E-state index is 13.9. The van der Waals surface area contributed by atoms with Crippen LogP contribution in [0, 0.1) is 11.6 Å². The van der Waals surface area contributed by atoms with Gasteiger partial charge in [0.25, 0.3) is 11.8 Å². The fraction of sp³-hybridized carbons (Fsp3) is 0.185. The molecule has 7 heteroatoms. The molecule has 0 bridgehead atoms. The number of rotatable bonds is 5. The van der Waals surface area contributed by atoms with Gasteiger partial charge in [-0.25, -0.2) is 13.7 Å². The highest BCUT2D eigenvalue weighted by Gasteiger charge is 2.40. The minimum absolute atomic E-state index is 0.0282. The van der Waals surface area contributed by atoms with Crippen molar-refractivity contribution in [2.45, 2.75) is 19.3 Å². The molecule has 2 aliphatic heterocycles. The molecule has 3 aromatic rings. The van der Waals surface area contributed by atoms with Crippen LogP contribution in [0.15, 0.2) is 78.5 Å². The maximum Gasteiger partial charge on any atom is 0.282 e. The summed E-state index contributed by atoms with van der Waals surface area (Å²) < 4.78 is 27.3. The molecule has 0 atom stereocenters. The zero-order chi connectivity index (χ0) is 23.7. The van der Waals surface area contributed by atoms with Gasteiger partial charge in [0.05, 0.1) is 11.3 Å². The van der Waals surface area contributed by atoms with E-state index in [0.717, 1.165) is 35.8 Å². The first kappa shape index (κ1) is 21.8. The summed E-state index contributed by atoms with van der Waals surface area (Å²) in [5.41, 5.74) is 2.55. The van der Waals surface area contributed by atoms with Crippen molar-refractivity contribution in [2.24, 2.45) is 0 Å². The summed E-state index contributed by atoms with van der Waals surface area (Å²) >= 11 is 0. The molecule has 5 nitrogen and oxygen atoms in total. The molecule has 3 aromatic carbocycles. The van der Waals surface area contributed by atoms with E-state index in [1.807, 2.05) is 30.3 Å². The van der Waals surface area contributed by atoms with Crippen LogP contribution in [0.25, 0.3) is 5.57 Å². The van der Waals surface area contributed by atoms with Crippen LogP contribution in [0.2, 0.25) is 0 Å². The molecule has 5 rings (SSSR count). The largest absolute Gasteiger partial charge is 0.372 e. The van der Waals surface area contributed by atoms with E-state index in [-0.39, 0.29) is 17.0 Å². The summed E-state index contributed by atoms with van der Waals surface area (Å²) in [6.07, 6.45) is 3.59. The van der Waals surface area contributed by atoms with Crippen molar-refractivity contribution in [1.82, 2.24) is 0 Å². The number of hydrogen-bond donors (Lipinski definition) is 1. The third-order valence-electron chi connectivity index (χ3n) is 6.17. The molecule has 1 fully saturated rings. The highest BCUT2D eigenvalue weighted by Crippen LogP contribution is 2.34. The van der Waals surface area contributed by atoms with Crippen molar-refractivity contribution in [3.8, 4) is 0 Å². The van der Waals surface area contributed by atoms with Crippen LogP contribution >= 0.6 is 0 Å². The quantitative estimate of drug-likeness (QED) is 0.523. The van der Waals surface area contributed by atoms with Crippen LogP contribution in [0.3, 0.4) is 0 Å². The molecular weight excluding hydrogens is 436 g/mol. The first-order valence-corrected chi connectivity index (χ1v) is 11.3. The van der Waals surface area contributed by atoms with Gasteiger partial charge in [0.1, 0.15) is 5.70 Å². The van der Waals surface area contributed by atoms with E-state index in [2.05, 4.69) is 10.2 Å². The van der Waals surface area contributed by atoms with Gasteiger partial charge >= 0.3 is 0 Å². The minimum Gasteiger partial charge on any atom is -0.372 e. The molecule has 0 aromatic heterocycles. The van der Waals surface area contributed by atoms with Gasteiger partial charge < -0.3 is 10.2 Å². The third kappa shape index (κ3) is 4.05. The number of imide groups is 1. The Morgan fingerprint density at radius 3 is 2.06 bits per heavy atom. The summed E-state index contributed by atoms with van der Waals surface area (Å²) in [5, 5.41) is 3.11. The maximum atomic E-state index is 13.9. The normalized spacial score (nSPS) is 16.4. The monoisotopic (exact) mass is 459 g/mol. The molecule has 34 heavy (non-hydrogen) atoms.